The summed E-state index contributed by atoms with van der Waals surface area (Å²) in [5.41, 5.74) is 7.22. The minimum absolute atomic E-state index is 0.154. The van der Waals surface area contributed by atoms with E-state index in [2.05, 4.69) is 48.0 Å². The van der Waals surface area contributed by atoms with Crippen LogP contribution >= 0.6 is 31.9 Å². The van der Waals surface area contributed by atoms with Gasteiger partial charge in [-0.15, -0.1) is 0 Å². The summed E-state index contributed by atoms with van der Waals surface area (Å²) in [6.07, 6.45) is 0. The highest BCUT2D eigenvalue weighted by Crippen LogP contribution is 2.23. The molecule has 0 aromatic heterocycles. The quantitative estimate of drug-likeness (QED) is 0.324. The van der Waals surface area contributed by atoms with Crippen LogP contribution in [-0.2, 0) is 9.59 Å². The van der Waals surface area contributed by atoms with Gasteiger partial charge in [0.1, 0.15) is 11.5 Å². The van der Waals surface area contributed by atoms with Crippen LogP contribution in [0, 0.1) is 13.8 Å². The van der Waals surface area contributed by atoms with Crippen molar-refractivity contribution in [3.63, 3.8) is 0 Å². The van der Waals surface area contributed by atoms with Crippen LogP contribution in [0.3, 0.4) is 0 Å². The number of hydrazine groups is 1. The molecule has 3 rings (SSSR count). The summed E-state index contributed by atoms with van der Waals surface area (Å²) in [5.74, 6) is -0.159. The first-order chi connectivity index (χ1) is 16.7. The zero-order valence-corrected chi connectivity index (χ0v) is 22.2. The van der Waals surface area contributed by atoms with Crippen LogP contribution in [0.5, 0.6) is 11.5 Å². The molecule has 0 aliphatic carbocycles. The Labute approximate surface area is 219 Å². The lowest BCUT2D eigenvalue weighted by Crippen LogP contribution is -2.43. The number of rotatable bonds is 8. The van der Waals surface area contributed by atoms with Gasteiger partial charge < -0.3 is 14.8 Å². The van der Waals surface area contributed by atoms with Crippen LogP contribution in [0.4, 0.5) is 5.69 Å². The van der Waals surface area contributed by atoms with E-state index in [1.54, 1.807) is 24.3 Å². The lowest BCUT2D eigenvalue weighted by molar-refractivity contribution is -0.123. The van der Waals surface area contributed by atoms with E-state index in [0.717, 1.165) is 20.1 Å². The van der Waals surface area contributed by atoms with Gasteiger partial charge in [-0.2, -0.15) is 0 Å². The molecule has 0 saturated carbocycles. The van der Waals surface area contributed by atoms with Crippen LogP contribution < -0.4 is 25.6 Å². The molecule has 0 saturated heterocycles. The smallest absolute Gasteiger partial charge is 0.276 e. The maximum atomic E-state index is 12.3. The van der Waals surface area contributed by atoms with E-state index in [4.69, 9.17) is 9.47 Å². The number of aryl methyl sites for hydroxylation is 2. The lowest BCUT2D eigenvalue weighted by atomic mass is 10.2. The third-order valence-corrected chi connectivity index (χ3v) is 5.72. The summed E-state index contributed by atoms with van der Waals surface area (Å²) in [6, 6.07) is 17.2. The number of nitrogens with one attached hydrogen (secondary N) is 3. The van der Waals surface area contributed by atoms with Crippen LogP contribution in [0.25, 0.3) is 0 Å². The SMILES string of the molecule is Cc1cc(Br)ccc1OCC(=O)NNC(=O)c1ccc(NC(=O)COc2ccc(Br)cc2C)cc1. The predicted molar refractivity (Wildman–Crippen MR) is 139 cm³/mol. The van der Waals surface area contributed by atoms with Gasteiger partial charge in [-0.05, 0) is 85.6 Å². The van der Waals surface area contributed by atoms with E-state index in [1.165, 1.54) is 12.1 Å². The van der Waals surface area contributed by atoms with Gasteiger partial charge in [0.05, 0.1) is 0 Å². The van der Waals surface area contributed by atoms with E-state index in [1.807, 2.05) is 38.1 Å². The molecule has 10 heteroatoms. The Morgan fingerprint density at radius 3 is 1.74 bits per heavy atom. The Hall–Kier alpha value is -3.37. The molecule has 3 amide bonds. The molecule has 0 unspecified atom stereocenters. The van der Waals surface area contributed by atoms with Crippen molar-refractivity contribution in [3.05, 3.63) is 86.3 Å². The van der Waals surface area contributed by atoms with Crippen molar-refractivity contribution < 1.29 is 23.9 Å². The first kappa shape index (κ1) is 26.2. The molecule has 0 fully saturated rings. The van der Waals surface area contributed by atoms with Gasteiger partial charge in [-0.1, -0.05) is 31.9 Å². The molecule has 3 N–H and O–H groups in total. The zero-order valence-electron chi connectivity index (χ0n) is 19.0. The van der Waals surface area contributed by atoms with Crippen molar-refractivity contribution in [1.29, 1.82) is 0 Å². The maximum absolute atomic E-state index is 12.3. The van der Waals surface area contributed by atoms with Crippen LogP contribution in [0.15, 0.2) is 69.6 Å². The Bertz CT molecular complexity index is 1230. The van der Waals surface area contributed by atoms with E-state index >= 15 is 0 Å². The average Bonchev–Trinajstić information content (AvgIpc) is 2.82. The minimum Gasteiger partial charge on any atom is -0.483 e. The lowest BCUT2D eigenvalue weighted by Gasteiger charge is -2.11. The van der Waals surface area contributed by atoms with E-state index in [9.17, 15) is 14.4 Å². The van der Waals surface area contributed by atoms with Gasteiger partial charge in [0.15, 0.2) is 13.2 Å². The van der Waals surface area contributed by atoms with E-state index < -0.39 is 11.8 Å². The van der Waals surface area contributed by atoms with Gasteiger partial charge in [-0.25, -0.2) is 0 Å². The molecule has 0 aliphatic rings. The van der Waals surface area contributed by atoms with Crippen molar-refractivity contribution in [2.75, 3.05) is 18.5 Å². The highest BCUT2D eigenvalue weighted by Gasteiger charge is 2.10. The molecule has 182 valence electrons. The second-order valence-electron chi connectivity index (χ2n) is 7.52. The maximum Gasteiger partial charge on any atom is 0.276 e. The van der Waals surface area contributed by atoms with Crippen molar-refractivity contribution in [2.24, 2.45) is 0 Å². The molecule has 0 radical (unpaired) electrons. The highest BCUT2D eigenvalue weighted by atomic mass is 79.9. The zero-order chi connectivity index (χ0) is 25.4. The summed E-state index contributed by atoms with van der Waals surface area (Å²) in [5, 5.41) is 2.71. The standard InChI is InChI=1S/C25H23Br2N3O5/c1-15-11-18(26)5-9-21(15)34-13-23(31)28-20-7-3-17(4-8-20)25(33)30-29-24(32)14-35-22-10-6-19(27)12-16(22)2/h3-12H,13-14H2,1-2H3,(H,28,31)(H,29,32)(H,30,33). The molecule has 0 aliphatic heterocycles. The van der Waals surface area contributed by atoms with Crippen molar-refractivity contribution >= 4 is 55.3 Å². The summed E-state index contributed by atoms with van der Waals surface area (Å²) >= 11 is 6.75. The summed E-state index contributed by atoms with van der Waals surface area (Å²) < 4.78 is 12.9. The number of anilines is 1. The number of carbonyl (C=O) groups is 3. The van der Waals surface area contributed by atoms with Crippen LogP contribution in [0.1, 0.15) is 21.5 Å². The second kappa shape index (κ2) is 12.4. The van der Waals surface area contributed by atoms with Crippen molar-refractivity contribution in [3.8, 4) is 11.5 Å². The van der Waals surface area contributed by atoms with E-state index in [0.29, 0.717) is 22.7 Å². The number of hydrogen-bond donors (Lipinski definition) is 3. The van der Waals surface area contributed by atoms with Gasteiger partial charge in [0.25, 0.3) is 17.7 Å². The number of hydrogen-bond acceptors (Lipinski definition) is 5. The number of benzene rings is 3. The number of halogens is 2. The fraction of sp³-hybridized carbons (Fsp3) is 0.160. The molecule has 8 nitrogen and oxygen atoms in total. The Morgan fingerprint density at radius 1 is 0.714 bits per heavy atom. The monoisotopic (exact) mass is 603 g/mol. The average molecular weight is 605 g/mol. The predicted octanol–water partition coefficient (Wildman–Crippen LogP) is 4.69. The summed E-state index contributed by atoms with van der Waals surface area (Å²) in [4.78, 5) is 36.4. The number of amides is 3. The highest BCUT2D eigenvalue weighted by molar-refractivity contribution is 9.10. The van der Waals surface area contributed by atoms with Gasteiger partial charge in [-0.3, -0.25) is 25.2 Å². The van der Waals surface area contributed by atoms with Gasteiger partial charge in [0, 0.05) is 20.2 Å². The van der Waals surface area contributed by atoms with Crippen molar-refractivity contribution in [2.45, 2.75) is 13.8 Å². The topological polar surface area (TPSA) is 106 Å². The minimum atomic E-state index is -0.509. The molecule has 0 atom stereocenters. The molecular formula is C25H23Br2N3O5. The third kappa shape index (κ3) is 8.11. The molecule has 3 aromatic carbocycles. The fourth-order valence-electron chi connectivity index (χ4n) is 2.97. The normalized spacial score (nSPS) is 10.3. The Balaban J connectivity index is 1.42. The number of ether oxygens (including phenoxy) is 2. The Morgan fingerprint density at radius 2 is 1.23 bits per heavy atom. The van der Waals surface area contributed by atoms with Gasteiger partial charge in [0.2, 0.25) is 0 Å². The molecule has 0 spiro atoms. The van der Waals surface area contributed by atoms with Crippen LogP contribution in [0.2, 0.25) is 0 Å². The second-order valence-corrected chi connectivity index (χ2v) is 9.36. The molecular weight excluding hydrogens is 582 g/mol. The van der Waals surface area contributed by atoms with Crippen LogP contribution in [-0.4, -0.2) is 30.9 Å². The summed E-state index contributed by atoms with van der Waals surface area (Å²) in [7, 11) is 0. The van der Waals surface area contributed by atoms with E-state index in [-0.39, 0.29) is 19.1 Å². The summed E-state index contributed by atoms with van der Waals surface area (Å²) in [6.45, 7) is 3.34. The molecule has 0 heterocycles. The fourth-order valence-corrected chi connectivity index (χ4v) is 3.92. The van der Waals surface area contributed by atoms with Crippen molar-refractivity contribution in [1.82, 2.24) is 10.9 Å². The third-order valence-electron chi connectivity index (χ3n) is 4.74. The first-order valence-electron chi connectivity index (χ1n) is 10.5. The molecule has 35 heavy (non-hydrogen) atoms. The first-order valence-corrected chi connectivity index (χ1v) is 12.1. The molecule has 0 bridgehead atoms. The molecule has 3 aromatic rings. The Kier molecular flexibility index (Phi) is 9.27. The largest absolute Gasteiger partial charge is 0.483 e. The van der Waals surface area contributed by atoms with Gasteiger partial charge >= 0.3 is 0 Å². The number of carbonyl (C=O) groups excluding carboxylic acids is 3.